The molecule has 0 saturated heterocycles. The largest absolute Gasteiger partial charge is 0.382 e. The molecule has 0 saturated carbocycles. The number of hydrogen-bond acceptors (Lipinski definition) is 4. The lowest BCUT2D eigenvalue weighted by Crippen LogP contribution is -1.92. The number of rotatable bonds is 2. The minimum absolute atomic E-state index is 0.576. The third kappa shape index (κ3) is 2.20. The van der Waals surface area contributed by atoms with E-state index in [-0.39, 0.29) is 0 Å². The molecule has 0 aliphatic carbocycles. The van der Waals surface area contributed by atoms with Crippen LogP contribution in [-0.4, -0.2) is 5.11 Å². The fourth-order valence-electron chi connectivity index (χ4n) is 1.56. The van der Waals surface area contributed by atoms with Crippen molar-refractivity contribution in [1.29, 1.82) is 0 Å². The normalized spacial score (nSPS) is 13.4. The van der Waals surface area contributed by atoms with Crippen LogP contribution in [0.5, 0.6) is 0 Å². The van der Waals surface area contributed by atoms with Gasteiger partial charge in [0, 0.05) is 19.2 Å². The second-order valence-electron chi connectivity index (χ2n) is 3.47. The van der Waals surface area contributed by atoms with Crippen molar-refractivity contribution in [1.82, 2.24) is 0 Å². The standard InChI is InChI=1S/C11H6BrClOS3/c12-11-5(13)3-8(17-11)10(14)9-4-7-6(16-9)1-2-15-7/h1-4,10,14H. The molecule has 17 heavy (non-hydrogen) atoms. The number of fused-ring (bicyclic) bond motifs is 1. The Morgan fingerprint density at radius 2 is 1.94 bits per heavy atom. The molecule has 0 fully saturated rings. The van der Waals surface area contributed by atoms with Crippen LogP contribution in [0, 0.1) is 0 Å². The highest BCUT2D eigenvalue weighted by Crippen LogP contribution is 2.41. The first-order valence-corrected chi connectivity index (χ1v) is 8.43. The van der Waals surface area contributed by atoms with E-state index in [4.69, 9.17) is 11.6 Å². The molecule has 3 aromatic heterocycles. The van der Waals surface area contributed by atoms with Crippen molar-refractivity contribution in [2.24, 2.45) is 0 Å². The minimum atomic E-state index is -0.576. The Labute approximate surface area is 123 Å². The van der Waals surface area contributed by atoms with Crippen LogP contribution in [0.3, 0.4) is 0 Å². The third-order valence-corrected chi connectivity index (χ3v) is 7.03. The molecule has 3 rings (SSSR count). The van der Waals surface area contributed by atoms with E-state index in [9.17, 15) is 5.11 Å². The van der Waals surface area contributed by atoms with Crippen LogP contribution in [0.15, 0.2) is 27.4 Å². The zero-order chi connectivity index (χ0) is 12.0. The monoisotopic (exact) mass is 364 g/mol. The van der Waals surface area contributed by atoms with Crippen LogP contribution in [-0.2, 0) is 0 Å². The Bertz CT molecular complexity index is 621. The van der Waals surface area contributed by atoms with Gasteiger partial charge in [-0.3, -0.25) is 0 Å². The quantitative estimate of drug-likeness (QED) is 0.633. The molecule has 0 amide bonds. The molecule has 1 atom stereocenters. The first kappa shape index (κ1) is 12.1. The molecule has 0 radical (unpaired) electrons. The maximum atomic E-state index is 10.3. The number of hydrogen-bond donors (Lipinski definition) is 1. The fraction of sp³-hybridized carbons (Fsp3) is 0.0909. The van der Waals surface area contributed by atoms with Gasteiger partial charge in [0.1, 0.15) is 6.10 Å². The van der Waals surface area contributed by atoms with Crippen molar-refractivity contribution in [3.05, 3.63) is 42.1 Å². The molecule has 1 nitrogen and oxygen atoms in total. The molecule has 0 aliphatic heterocycles. The van der Waals surface area contributed by atoms with E-state index in [2.05, 4.69) is 33.4 Å². The van der Waals surface area contributed by atoms with Crippen LogP contribution in [0.1, 0.15) is 15.9 Å². The van der Waals surface area contributed by atoms with Gasteiger partial charge in [0.25, 0.3) is 0 Å². The molecule has 3 heterocycles. The highest BCUT2D eigenvalue weighted by molar-refractivity contribution is 9.11. The van der Waals surface area contributed by atoms with E-state index in [0.717, 1.165) is 13.5 Å². The van der Waals surface area contributed by atoms with E-state index in [1.54, 1.807) is 22.7 Å². The van der Waals surface area contributed by atoms with Crippen molar-refractivity contribution in [2.75, 3.05) is 0 Å². The minimum Gasteiger partial charge on any atom is -0.382 e. The zero-order valence-corrected chi connectivity index (χ0v) is 13.1. The van der Waals surface area contributed by atoms with E-state index < -0.39 is 6.10 Å². The lowest BCUT2D eigenvalue weighted by Gasteiger charge is -2.04. The number of aliphatic hydroxyl groups is 1. The molecule has 1 unspecified atom stereocenters. The van der Waals surface area contributed by atoms with E-state index in [1.165, 1.54) is 20.7 Å². The van der Waals surface area contributed by atoms with E-state index >= 15 is 0 Å². The van der Waals surface area contributed by atoms with Gasteiger partial charge < -0.3 is 5.11 Å². The van der Waals surface area contributed by atoms with Crippen LogP contribution < -0.4 is 0 Å². The van der Waals surface area contributed by atoms with Crippen LogP contribution in [0.2, 0.25) is 5.02 Å². The third-order valence-electron chi connectivity index (χ3n) is 2.36. The van der Waals surface area contributed by atoms with E-state index in [0.29, 0.717) is 5.02 Å². The van der Waals surface area contributed by atoms with Crippen molar-refractivity contribution in [2.45, 2.75) is 6.10 Å². The maximum absolute atomic E-state index is 10.3. The molecule has 0 aliphatic rings. The molecular formula is C11H6BrClOS3. The Balaban J connectivity index is 2.01. The summed E-state index contributed by atoms with van der Waals surface area (Å²) in [6.07, 6.45) is -0.576. The number of aliphatic hydroxyl groups excluding tert-OH is 1. The Kier molecular flexibility index (Phi) is 3.32. The summed E-state index contributed by atoms with van der Waals surface area (Å²) < 4.78 is 3.32. The fourth-order valence-corrected chi connectivity index (χ4v) is 5.51. The second kappa shape index (κ2) is 4.64. The summed E-state index contributed by atoms with van der Waals surface area (Å²) in [7, 11) is 0. The average molecular weight is 366 g/mol. The van der Waals surface area contributed by atoms with Crippen molar-refractivity contribution >= 4 is 70.9 Å². The van der Waals surface area contributed by atoms with Gasteiger partial charge in [0.15, 0.2) is 0 Å². The maximum Gasteiger partial charge on any atom is 0.122 e. The predicted octanol–water partition coefficient (Wildman–Crippen LogP) is 5.52. The van der Waals surface area contributed by atoms with Gasteiger partial charge in [-0.1, -0.05) is 11.6 Å². The van der Waals surface area contributed by atoms with E-state index in [1.807, 2.05) is 6.07 Å². The Morgan fingerprint density at radius 3 is 2.59 bits per heavy atom. The lowest BCUT2D eigenvalue weighted by molar-refractivity contribution is 0.228. The molecular weight excluding hydrogens is 360 g/mol. The summed E-state index contributed by atoms with van der Waals surface area (Å²) in [6.45, 7) is 0. The number of thiophene rings is 3. The molecule has 0 bridgehead atoms. The highest BCUT2D eigenvalue weighted by atomic mass is 79.9. The first-order chi connectivity index (χ1) is 8.15. The smallest absolute Gasteiger partial charge is 0.122 e. The molecule has 6 heteroatoms. The zero-order valence-electron chi connectivity index (χ0n) is 8.31. The Morgan fingerprint density at radius 1 is 1.18 bits per heavy atom. The molecule has 0 spiro atoms. The summed E-state index contributed by atoms with van der Waals surface area (Å²) in [6, 6.07) is 5.95. The van der Waals surface area contributed by atoms with Gasteiger partial charge in [0.2, 0.25) is 0 Å². The van der Waals surface area contributed by atoms with Gasteiger partial charge in [-0.15, -0.1) is 34.0 Å². The number of halogens is 2. The topological polar surface area (TPSA) is 20.2 Å². The van der Waals surface area contributed by atoms with Gasteiger partial charge >= 0.3 is 0 Å². The Hall–Kier alpha value is 0.0900. The van der Waals surface area contributed by atoms with Crippen molar-refractivity contribution in [3.8, 4) is 0 Å². The molecule has 0 aromatic carbocycles. The van der Waals surface area contributed by atoms with Gasteiger partial charge in [-0.25, -0.2) is 0 Å². The molecule has 88 valence electrons. The van der Waals surface area contributed by atoms with Crippen molar-refractivity contribution in [3.63, 3.8) is 0 Å². The second-order valence-corrected chi connectivity index (χ2v) is 8.34. The van der Waals surface area contributed by atoms with Gasteiger partial charge in [-0.2, -0.15) is 0 Å². The SMILES string of the molecule is OC(c1cc(Cl)c(Br)s1)c1cc2sccc2s1. The first-order valence-electron chi connectivity index (χ1n) is 4.75. The summed E-state index contributed by atoms with van der Waals surface area (Å²) >= 11 is 14.1. The van der Waals surface area contributed by atoms with Crippen LogP contribution in [0.25, 0.3) is 9.40 Å². The van der Waals surface area contributed by atoms with Crippen molar-refractivity contribution < 1.29 is 5.11 Å². The van der Waals surface area contributed by atoms with Gasteiger partial charge in [-0.05, 0) is 39.5 Å². The summed E-state index contributed by atoms with van der Waals surface area (Å²) in [5.41, 5.74) is 0. The summed E-state index contributed by atoms with van der Waals surface area (Å²) in [4.78, 5) is 1.84. The predicted molar refractivity (Wildman–Crippen MR) is 80.8 cm³/mol. The van der Waals surface area contributed by atoms with Crippen LogP contribution >= 0.6 is 61.5 Å². The van der Waals surface area contributed by atoms with Gasteiger partial charge in [0.05, 0.1) is 8.81 Å². The summed E-state index contributed by atoms with van der Waals surface area (Å²) in [5, 5.41) is 13.0. The highest BCUT2D eigenvalue weighted by Gasteiger charge is 2.17. The van der Waals surface area contributed by atoms with Crippen LogP contribution in [0.4, 0.5) is 0 Å². The summed E-state index contributed by atoms with van der Waals surface area (Å²) in [5.74, 6) is 0. The lowest BCUT2D eigenvalue weighted by atomic mass is 10.2. The molecule has 1 N–H and O–H groups in total. The molecule has 3 aromatic rings. The average Bonchev–Trinajstić information content (AvgIpc) is 2.92.